The van der Waals surface area contributed by atoms with Crippen LogP contribution in [0.3, 0.4) is 0 Å². The summed E-state index contributed by atoms with van der Waals surface area (Å²) in [4.78, 5) is 0. The number of rotatable bonds is 11. The minimum Gasteiger partial charge on any atom is -0.388 e. The van der Waals surface area contributed by atoms with E-state index in [0.717, 1.165) is 5.75 Å². The van der Waals surface area contributed by atoms with Crippen LogP contribution in [-0.2, 0) is 0 Å². The quantitative estimate of drug-likeness (QED) is 0.559. The summed E-state index contributed by atoms with van der Waals surface area (Å²) in [6.45, 7) is 7.07. The molecule has 0 aliphatic heterocycles. The fourth-order valence-corrected chi connectivity index (χ4v) is 2.64. The molecular weight excluding hydrogens is 230 g/mol. The summed E-state index contributed by atoms with van der Waals surface area (Å²) in [6, 6.07) is 0.518. The standard InChI is InChI=1S/C14H31NOS/c1-5-6-7-8-9-10-13(2)15-11-14(3,16)12-17-4/h13,15-16H,5-12H2,1-4H3. The van der Waals surface area contributed by atoms with Gasteiger partial charge >= 0.3 is 0 Å². The molecule has 0 saturated heterocycles. The summed E-state index contributed by atoms with van der Waals surface area (Å²) >= 11 is 1.70. The van der Waals surface area contributed by atoms with Crippen molar-refractivity contribution >= 4 is 11.8 Å². The maximum absolute atomic E-state index is 10.0. The van der Waals surface area contributed by atoms with Crippen LogP contribution in [0.5, 0.6) is 0 Å². The van der Waals surface area contributed by atoms with Gasteiger partial charge in [-0.2, -0.15) is 11.8 Å². The van der Waals surface area contributed by atoms with Crippen LogP contribution in [0.4, 0.5) is 0 Å². The Hall–Kier alpha value is 0.270. The summed E-state index contributed by atoms with van der Waals surface area (Å²) < 4.78 is 0. The first-order chi connectivity index (χ1) is 8.02. The first kappa shape index (κ1) is 17.3. The summed E-state index contributed by atoms with van der Waals surface area (Å²) in [6.07, 6.45) is 9.95. The average molecular weight is 261 g/mol. The Balaban J connectivity index is 3.48. The van der Waals surface area contributed by atoms with E-state index in [1.54, 1.807) is 11.8 Å². The van der Waals surface area contributed by atoms with E-state index < -0.39 is 5.60 Å². The molecule has 104 valence electrons. The molecule has 0 bridgehead atoms. The second kappa shape index (κ2) is 10.2. The predicted molar refractivity (Wildman–Crippen MR) is 79.8 cm³/mol. The zero-order chi connectivity index (χ0) is 13.1. The number of hydrogen-bond acceptors (Lipinski definition) is 3. The molecule has 0 amide bonds. The molecule has 0 spiro atoms. The molecule has 0 saturated carbocycles. The Labute approximate surface area is 112 Å². The minimum atomic E-state index is -0.574. The van der Waals surface area contributed by atoms with Crippen molar-refractivity contribution in [1.82, 2.24) is 5.32 Å². The lowest BCUT2D eigenvalue weighted by atomic mass is 10.1. The molecule has 17 heavy (non-hydrogen) atoms. The molecule has 0 heterocycles. The van der Waals surface area contributed by atoms with Gasteiger partial charge in [0, 0.05) is 18.3 Å². The van der Waals surface area contributed by atoms with Crippen molar-refractivity contribution in [2.75, 3.05) is 18.6 Å². The highest BCUT2D eigenvalue weighted by atomic mass is 32.2. The lowest BCUT2D eigenvalue weighted by molar-refractivity contribution is 0.0816. The maximum Gasteiger partial charge on any atom is 0.0833 e. The molecule has 2 unspecified atom stereocenters. The molecule has 0 aromatic carbocycles. The zero-order valence-electron chi connectivity index (χ0n) is 12.1. The lowest BCUT2D eigenvalue weighted by Gasteiger charge is -2.25. The fourth-order valence-electron chi connectivity index (χ4n) is 1.91. The van der Waals surface area contributed by atoms with E-state index in [9.17, 15) is 5.11 Å². The first-order valence-corrected chi connectivity index (χ1v) is 8.36. The third kappa shape index (κ3) is 11.1. The zero-order valence-corrected chi connectivity index (χ0v) is 12.9. The average Bonchev–Trinajstić information content (AvgIpc) is 2.26. The topological polar surface area (TPSA) is 32.3 Å². The maximum atomic E-state index is 10.0. The van der Waals surface area contributed by atoms with Gasteiger partial charge in [-0.15, -0.1) is 0 Å². The minimum absolute atomic E-state index is 0.518. The van der Waals surface area contributed by atoms with Crippen molar-refractivity contribution in [3.8, 4) is 0 Å². The van der Waals surface area contributed by atoms with Crippen molar-refractivity contribution in [3.63, 3.8) is 0 Å². The van der Waals surface area contributed by atoms with Gasteiger partial charge in [-0.3, -0.25) is 0 Å². The van der Waals surface area contributed by atoms with Gasteiger partial charge in [0.15, 0.2) is 0 Å². The van der Waals surface area contributed by atoms with E-state index >= 15 is 0 Å². The fraction of sp³-hybridized carbons (Fsp3) is 1.00. The SMILES string of the molecule is CCCCCCCC(C)NCC(C)(O)CSC. The van der Waals surface area contributed by atoms with Crippen molar-refractivity contribution in [2.45, 2.75) is 70.9 Å². The van der Waals surface area contributed by atoms with Crippen LogP contribution < -0.4 is 5.32 Å². The Morgan fingerprint density at radius 1 is 1.24 bits per heavy atom. The molecule has 0 aliphatic rings. The van der Waals surface area contributed by atoms with E-state index in [1.165, 1.54) is 38.5 Å². The summed E-state index contributed by atoms with van der Waals surface area (Å²) in [5, 5.41) is 13.5. The molecule has 2 nitrogen and oxygen atoms in total. The van der Waals surface area contributed by atoms with E-state index in [0.29, 0.717) is 12.6 Å². The van der Waals surface area contributed by atoms with E-state index in [-0.39, 0.29) is 0 Å². The largest absolute Gasteiger partial charge is 0.388 e. The lowest BCUT2D eigenvalue weighted by Crippen LogP contribution is -2.43. The van der Waals surface area contributed by atoms with Crippen LogP contribution >= 0.6 is 11.8 Å². The third-order valence-corrected chi connectivity index (χ3v) is 3.94. The Kier molecular flexibility index (Phi) is 10.4. The van der Waals surface area contributed by atoms with Crippen LogP contribution in [0.15, 0.2) is 0 Å². The number of aliphatic hydroxyl groups is 1. The monoisotopic (exact) mass is 261 g/mol. The summed E-state index contributed by atoms with van der Waals surface area (Å²) in [7, 11) is 0. The predicted octanol–water partition coefficient (Wildman–Crippen LogP) is 3.44. The van der Waals surface area contributed by atoms with Crippen molar-refractivity contribution in [2.24, 2.45) is 0 Å². The summed E-state index contributed by atoms with van der Waals surface area (Å²) in [5.74, 6) is 0.795. The number of thioether (sulfide) groups is 1. The van der Waals surface area contributed by atoms with E-state index in [2.05, 4.69) is 19.2 Å². The molecule has 3 heteroatoms. The third-order valence-electron chi connectivity index (χ3n) is 3.03. The highest BCUT2D eigenvalue weighted by molar-refractivity contribution is 7.98. The van der Waals surface area contributed by atoms with Gasteiger partial charge in [-0.05, 0) is 26.5 Å². The van der Waals surface area contributed by atoms with Gasteiger partial charge in [0.1, 0.15) is 0 Å². The van der Waals surface area contributed by atoms with Crippen molar-refractivity contribution in [3.05, 3.63) is 0 Å². The van der Waals surface area contributed by atoms with Crippen LogP contribution in [0.2, 0.25) is 0 Å². The van der Waals surface area contributed by atoms with Gasteiger partial charge in [-0.25, -0.2) is 0 Å². The molecule has 0 aromatic rings. The molecule has 0 rings (SSSR count). The highest BCUT2D eigenvalue weighted by Crippen LogP contribution is 2.11. The van der Waals surface area contributed by atoms with Gasteiger partial charge in [0.05, 0.1) is 5.60 Å². The molecule has 0 aromatic heterocycles. The molecular formula is C14H31NOS. The van der Waals surface area contributed by atoms with Gasteiger partial charge in [0.2, 0.25) is 0 Å². The van der Waals surface area contributed by atoms with Crippen LogP contribution in [0.1, 0.15) is 59.3 Å². The van der Waals surface area contributed by atoms with E-state index in [4.69, 9.17) is 0 Å². The number of unbranched alkanes of at least 4 members (excludes halogenated alkanes) is 4. The normalized spacial score (nSPS) is 16.8. The van der Waals surface area contributed by atoms with Gasteiger partial charge in [-0.1, -0.05) is 39.0 Å². The van der Waals surface area contributed by atoms with Crippen molar-refractivity contribution in [1.29, 1.82) is 0 Å². The molecule has 0 fully saturated rings. The Morgan fingerprint density at radius 3 is 2.47 bits per heavy atom. The van der Waals surface area contributed by atoms with Gasteiger partial charge < -0.3 is 10.4 Å². The first-order valence-electron chi connectivity index (χ1n) is 6.96. The Morgan fingerprint density at radius 2 is 1.88 bits per heavy atom. The number of hydrogen-bond donors (Lipinski definition) is 2. The van der Waals surface area contributed by atoms with Crippen LogP contribution in [0.25, 0.3) is 0 Å². The summed E-state index contributed by atoms with van der Waals surface area (Å²) in [5.41, 5.74) is -0.574. The second-order valence-corrected chi connectivity index (χ2v) is 6.28. The van der Waals surface area contributed by atoms with E-state index in [1.807, 2.05) is 13.2 Å². The van der Waals surface area contributed by atoms with Gasteiger partial charge in [0.25, 0.3) is 0 Å². The number of nitrogens with one attached hydrogen (secondary N) is 1. The molecule has 0 radical (unpaired) electrons. The second-order valence-electron chi connectivity index (χ2n) is 5.41. The smallest absolute Gasteiger partial charge is 0.0833 e. The molecule has 0 aliphatic carbocycles. The van der Waals surface area contributed by atoms with Crippen LogP contribution in [0, 0.1) is 0 Å². The Bertz CT molecular complexity index is 174. The van der Waals surface area contributed by atoms with Crippen molar-refractivity contribution < 1.29 is 5.11 Å². The molecule has 2 atom stereocenters. The molecule has 2 N–H and O–H groups in total. The highest BCUT2D eigenvalue weighted by Gasteiger charge is 2.19. The van der Waals surface area contributed by atoms with Crippen LogP contribution in [-0.4, -0.2) is 35.3 Å².